The summed E-state index contributed by atoms with van der Waals surface area (Å²) in [5, 5.41) is 0. The zero-order valence-corrected chi connectivity index (χ0v) is 15.4. The number of thiazole rings is 1. The molecule has 1 heterocycles. The highest BCUT2D eigenvalue weighted by atomic mass is 32.2. The number of para-hydroxylation sites is 1. The summed E-state index contributed by atoms with van der Waals surface area (Å²) in [4.78, 5) is 3.98. The molecule has 0 N–H and O–H groups in total. The monoisotopic (exact) mass is 439 g/mol. The molecular formula is C17H11F6NO2S2. The molecule has 0 saturated carbocycles. The van der Waals surface area contributed by atoms with Gasteiger partial charge in [0.15, 0.2) is 0 Å². The molecule has 1 aromatic heterocycles. The van der Waals surface area contributed by atoms with E-state index in [1.807, 2.05) is 0 Å². The Labute approximate surface area is 159 Å². The normalized spacial score (nSPS) is 13.2. The van der Waals surface area contributed by atoms with Crippen LogP contribution in [0, 0.1) is 0 Å². The molecule has 3 aromatic rings. The first-order chi connectivity index (χ1) is 12.9. The summed E-state index contributed by atoms with van der Waals surface area (Å²) >= 11 is 0.895. The van der Waals surface area contributed by atoms with E-state index in [2.05, 4.69) is 4.98 Å². The molecule has 0 atom stereocenters. The van der Waals surface area contributed by atoms with Crippen LogP contribution in [0.5, 0.6) is 0 Å². The van der Waals surface area contributed by atoms with Crippen molar-refractivity contribution >= 4 is 31.4 Å². The molecule has 0 bridgehead atoms. The summed E-state index contributed by atoms with van der Waals surface area (Å²) in [5.41, 5.74) is -2.87. The van der Waals surface area contributed by atoms with Crippen molar-refractivity contribution in [3.63, 3.8) is 0 Å². The van der Waals surface area contributed by atoms with Crippen LogP contribution in [0.1, 0.15) is 16.7 Å². The summed E-state index contributed by atoms with van der Waals surface area (Å²) in [6.45, 7) is 0. The van der Waals surface area contributed by atoms with E-state index in [0.29, 0.717) is 22.3 Å². The quantitative estimate of drug-likeness (QED) is 0.515. The largest absolute Gasteiger partial charge is 0.416 e. The van der Waals surface area contributed by atoms with Crippen LogP contribution in [0.15, 0.2) is 46.8 Å². The number of fused-ring (bicyclic) bond motifs is 1. The number of rotatable bonds is 4. The minimum absolute atomic E-state index is 0.00550. The lowest BCUT2D eigenvalue weighted by Gasteiger charge is -2.14. The number of benzene rings is 2. The van der Waals surface area contributed by atoms with E-state index in [4.69, 9.17) is 0 Å². The predicted molar refractivity (Wildman–Crippen MR) is 91.8 cm³/mol. The molecular weight excluding hydrogens is 428 g/mol. The Morgan fingerprint density at radius 2 is 1.46 bits per heavy atom. The van der Waals surface area contributed by atoms with Gasteiger partial charge in [-0.25, -0.2) is 13.4 Å². The standard InChI is InChI=1S/C17H11F6NO2S2/c18-16(19,20)11-7-10(8-12(9-11)17(21,22)23)5-6-28(25,26)15-24-13-3-1-2-4-14(13)27-15/h1-4,7-9H,5-6H2. The maximum absolute atomic E-state index is 12.9. The minimum Gasteiger partial charge on any atom is -0.225 e. The molecule has 0 spiro atoms. The molecule has 2 aromatic carbocycles. The number of halogens is 6. The molecule has 3 rings (SSSR count). The molecule has 0 saturated heterocycles. The summed E-state index contributed by atoms with van der Waals surface area (Å²) in [6, 6.07) is 7.69. The minimum atomic E-state index is -4.98. The Morgan fingerprint density at radius 1 is 0.893 bits per heavy atom. The van der Waals surface area contributed by atoms with E-state index in [-0.39, 0.29) is 16.0 Å². The van der Waals surface area contributed by atoms with Gasteiger partial charge in [0, 0.05) is 0 Å². The average molecular weight is 439 g/mol. The van der Waals surface area contributed by atoms with Crippen LogP contribution >= 0.6 is 11.3 Å². The van der Waals surface area contributed by atoms with Crippen molar-refractivity contribution in [1.29, 1.82) is 0 Å². The summed E-state index contributed by atoms with van der Waals surface area (Å²) in [6.07, 6.45) is -10.5. The molecule has 28 heavy (non-hydrogen) atoms. The van der Waals surface area contributed by atoms with E-state index in [1.165, 1.54) is 0 Å². The zero-order valence-electron chi connectivity index (χ0n) is 13.8. The van der Waals surface area contributed by atoms with Crippen LogP contribution in [0.25, 0.3) is 10.2 Å². The van der Waals surface area contributed by atoms with Crippen molar-refractivity contribution in [1.82, 2.24) is 4.98 Å². The molecule has 0 unspecified atom stereocenters. The van der Waals surface area contributed by atoms with Gasteiger partial charge in [-0.1, -0.05) is 12.1 Å². The first-order valence-corrected chi connectivity index (χ1v) is 10.2. The van der Waals surface area contributed by atoms with Crippen molar-refractivity contribution in [3.8, 4) is 0 Å². The lowest BCUT2D eigenvalue weighted by atomic mass is 10.0. The maximum atomic E-state index is 12.9. The van der Waals surface area contributed by atoms with Gasteiger partial charge in [0.1, 0.15) is 0 Å². The van der Waals surface area contributed by atoms with Gasteiger partial charge in [0.2, 0.25) is 14.2 Å². The second-order valence-corrected chi connectivity index (χ2v) is 9.24. The third-order valence-electron chi connectivity index (χ3n) is 3.85. The van der Waals surface area contributed by atoms with Crippen molar-refractivity contribution < 1.29 is 34.8 Å². The average Bonchev–Trinajstić information content (AvgIpc) is 3.03. The fourth-order valence-electron chi connectivity index (χ4n) is 2.49. The predicted octanol–water partition coefficient (Wildman–Crippen LogP) is 5.35. The molecule has 0 amide bonds. The summed E-state index contributed by atoms with van der Waals surface area (Å²) < 4.78 is 103. The van der Waals surface area contributed by atoms with Crippen LogP contribution in [0.2, 0.25) is 0 Å². The lowest BCUT2D eigenvalue weighted by Crippen LogP contribution is -2.14. The number of nitrogens with zero attached hydrogens (tertiary/aromatic N) is 1. The number of alkyl halides is 6. The maximum Gasteiger partial charge on any atom is 0.416 e. The van der Waals surface area contributed by atoms with Crippen LogP contribution in [-0.4, -0.2) is 19.2 Å². The third kappa shape index (κ3) is 4.46. The molecule has 3 nitrogen and oxygen atoms in total. The first-order valence-electron chi connectivity index (χ1n) is 7.73. The van der Waals surface area contributed by atoms with Crippen molar-refractivity contribution in [2.75, 3.05) is 5.75 Å². The van der Waals surface area contributed by atoms with Gasteiger partial charge in [-0.05, 0) is 42.3 Å². The smallest absolute Gasteiger partial charge is 0.225 e. The van der Waals surface area contributed by atoms with Crippen LogP contribution in [0.3, 0.4) is 0 Å². The summed E-state index contributed by atoms with van der Waals surface area (Å²) in [5.74, 6) is -0.661. The van der Waals surface area contributed by atoms with Gasteiger partial charge in [-0.3, -0.25) is 0 Å². The Balaban J connectivity index is 1.90. The number of sulfone groups is 1. The van der Waals surface area contributed by atoms with Gasteiger partial charge in [-0.15, -0.1) is 11.3 Å². The van der Waals surface area contributed by atoms with Crippen LogP contribution in [-0.2, 0) is 28.6 Å². The van der Waals surface area contributed by atoms with Crippen LogP contribution < -0.4 is 0 Å². The first kappa shape index (κ1) is 20.6. The SMILES string of the molecule is O=S(=O)(CCc1cc(C(F)(F)F)cc(C(F)(F)F)c1)c1nc2ccccc2s1. The van der Waals surface area contributed by atoms with Crippen molar-refractivity contribution in [2.45, 2.75) is 23.1 Å². The fraction of sp³-hybridized carbons (Fsp3) is 0.235. The molecule has 0 aliphatic carbocycles. The van der Waals surface area contributed by atoms with Gasteiger partial charge in [-0.2, -0.15) is 26.3 Å². The molecule has 150 valence electrons. The Bertz CT molecular complexity index is 1050. The molecule has 0 radical (unpaired) electrons. The van der Waals surface area contributed by atoms with Gasteiger partial charge < -0.3 is 0 Å². The second-order valence-electron chi connectivity index (χ2n) is 5.93. The highest BCUT2D eigenvalue weighted by Crippen LogP contribution is 2.36. The van der Waals surface area contributed by atoms with E-state index in [9.17, 15) is 34.8 Å². The Morgan fingerprint density at radius 3 is 2.00 bits per heavy atom. The molecule has 0 aliphatic heterocycles. The Kier molecular flexibility index (Phi) is 5.17. The highest BCUT2D eigenvalue weighted by molar-refractivity contribution is 7.93. The highest BCUT2D eigenvalue weighted by Gasteiger charge is 2.37. The van der Waals surface area contributed by atoms with Crippen molar-refractivity contribution in [2.24, 2.45) is 0 Å². The number of aryl methyl sites for hydroxylation is 1. The molecule has 11 heteroatoms. The van der Waals surface area contributed by atoms with E-state index < -0.39 is 45.5 Å². The van der Waals surface area contributed by atoms with E-state index in [0.717, 1.165) is 11.3 Å². The fourth-order valence-corrected chi connectivity index (χ4v) is 5.13. The molecule has 0 fully saturated rings. The molecule has 0 aliphatic rings. The van der Waals surface area contributed by atoms with E-state index >= 15 is 0 Å². The Hall–Kier alpha value is -2.14. The van der Waals surface area contributed by atoms with Crippen molar-refractivity contribution in [3.05, 3.63) is 59.2 Å². The lowest BCUT2D eigenvalue weighted by molar-refractivity contribution is -0.143. The van der Waals surface area contributed by atoms with Gasteiger partial charge in [0.05, 0.1) is 27.1 Å². The van der Waals surface area contributed by atoms with E-state index in [1.54, 1.807) is 24.3 Å². The van der Waals surface area contributed by atoms with Gasteiger partial charge >= 0.3 is 12.4 Å². The topological polar surface area (TPSA) is 47.0 Å². The number of hydrogen-bond acceptors (Lipinski definition) is 4. The second kappa shape index (κ2) is 7.03. The third-order valence-corrected chi connectivity index (χ3v) is 7.06. The summed E-state index contributed by atoms with van der Waals surface area (Å²) in [7, 11) is -3.97. The number of hydrogen-bond donors (Lipinski definition) is 0. The van der Waals surface area contributed by atoms with Gasteiger partial charge in [0.25, 0.3) is 0 Å². The zero-order chi connectivity index (χ0) is 20.7. The van der Waals surface area contributed by atoms with Crippen LogP contribution in [0.4, 0.5) is 26.3 Å². The number of aromatic nitrogens is 1.